The molecule has 2 nitrogen and oxygen atoms in total. The Labute approximate surface area is 124 Å². The van der Waals surface area contributed by atoms with E-state index < -0.39 is 0 Å². The predicted molar refractivity (Wildman–Crippen MR) is 91.9 cm³/mol. The molecule has 0 aliphatic carbocycles. The van der Waals surface area contributed by atoms with E-state index in [-0.39, 0.29) is 0 Å². The van der Waals surface area contributed by atoms with Crippen LogP contribution >= 0.6 is 0 Å². The highest BCUT2D eigenvalue weighted by molar-refractivity contribution is 5.25. The lowest BCUT2D eigenvalue weighted by molar-refractivity contribution is 1.09. The molecule has 2 aromatic carbocycles. The van der Waals surface area contributed by atoms with Gasteiger partial charge in [-0.05, 0) is 31.6 Å². The number of benzene rings is 2. The third kappa shape index (κ3) is 11.5. The summed E-state index contributed by atoms with van der Waals surface area (Å²) in [5.74, 6) is 0. The highest BCUT2D eigenvalue weighted by atomic mass is 14.4. The minimum Gasteiger partial charge on any atom is -0.333 e. The Hall–Kier alpha value is -1.64. The summed E-state index contributed by atoms with van der Waals surface area (Å²) in [7, 11) is 3.00. The summed E-state index contributed by atoms with van der Waals surface area (Å²) in [6.45, 7) is 4.25. The summed E-state index contributed by atoms with van der Waals surface area (Å²) in [5, 5.41) is 0. The van der Waals surface area contributed by atoms with Crippen LogP contribution in [0.2, 0.25) is 0 Å². The fourth-order valence-corrected chi connectivity index (χ4v) is 1.43. The molecule has 0 saturated carbocycles. The Kier molecular flexibility index (Phi) is 17.9. The minimum absolute atomic E-state index is 1.03. The lowest BCUT2D eigenvalue weighted by Gasteiger charge is -2.00. The number of hydrogen-bond donors (Lipinski definition) is 2. The second kappa shape index (κ2) is 17.4. The largest absolute Gasteiger partial charge is 0.333 e. The topological polar surface area (TPSA) is 52.0 Å². The molecule has 0 atom stereocenters. The van der Waals surface area contributed by atoms with E-state index in [1.807, 2.05) is 0 Å². The molecule has 2 aromatic rings. The quantitative estimate of drug-likeness (QED) is 0.874. The van der Waals surface area contributed by atoms with E-state index in [1.165, 1.54) is 31.6 Å². The van der Waals surface area contributed by atoms with Gasteiger partial charge in [-0.15, -0.1) is 0 Å². The van der Waals surface area contributed by atoms with Crippen LogP contribution in [-0.4, -0.2) is 14.1 Å². The molecule has 4 N–H and O–H groups in total. The Bertz CT molecular complexity index is 334. The summed E-state index contributed by atoms with van der Waals surface area (Å²) < 4.78 is 0. The molecule has 0 heterocycles. The maximum Gasteiger partial charge on any atom is -0.00258 e. The van der Waals surface area contributed by atoms with Crippen LogP contribution in [0.1, 0.15) is 31.4 Å². The van der Waals surface area contributed by atoms with Crippen molar-refractivity contribution >= 4 is 0 Å². The van der Waals surface area contributed by atoms with Gasteiger partial charge in [0.25, 0.3) is 0 Å². The van der Waals surface area contributed by atoms with Crippen molar-refractivity contribution in [1.29, 1.82) is 0 Å². The lowest BCUT2D eigenvalue weighted by atomic mass is 10.1. The van der Waals surface area contributed by atoms with E-state index >= 15 is 0 Å². The van der Waals surface area contributed by atoms with Gasteiger partial charge in [0, 0.05) is 0 Å². The van der Waals surface area contributed by atoms with E-state index in [2.05, 4.69) is 86.0 Å². The highest BCUT2D eigenvalue weighted by Crippen LogP contribution is 2.07. The molecule has 0 spiro atoms. The summed E-state index contributed by atoms with van der Waals surface area (Å²) in [4.78, 5) is 0. The van der Waals surface area contributed by atoms with Crippen molar-refractivity contribution < 1.29 is 0 Å². The zero-order valence-electron chi connectivity index (χ0n) is 13.3. The summed E-state index contributed by atoms with van der Waals surface area (Å²) in [6.07, 6.45) is 2.28. The molecular formula is C18H30N2. The maximum atomic E-state index is 4.50. The van der Waals surface area contributed by atoms with Gasteiger partial charge in [-0.1, -0.05) is 80.9 Å². The molecule has 20 heavy (non-hydrogen) atoms. The maximum absolute atomic E-state index is 4.50. The van der Waals surface area contributed by atoms with Crippen molar-refractivity contribution in [3.8, 4) is 0 Å². The Balaban J connectivity index is 0. The Morgan fingerprint density at radius 1 is 0.600 bits per heavy atom. The summed E-state index contributed by atoms with van der Waals surface area (Å²) in [6, 6.07) is 21.1. The summed E-state index contributed by atoms with van der Waals surface area (Å²) in [5.41, 5.74) is 11.7. The molecule has 0 aliphatic heterocycles. The van der Waals surface area contributed by atoms with Crippen molar-refractivity contribution in [2.75, 3.05) is 14.1 Å². The molecule has 0 fully saturated rings. The van der Waals surface area contributed by atoms with Crippen LogP contribution in [0, 0.1) is 0 Å². The van der Waals surface area contributed by atoms with Crippen LogP contribution in [0.25, 0.3) is 0 Å². The third-order valence-electron chi connectivity index (χ3n) is 2.09. The molecule has 2 rings (SSSR count). The molecule has 0 saturated heterocycles. The zero-order chi connectivity index (χ0) is 15.6. The molecule has 2 heteroatoms. The first-order valence-corrected chi connectivity index (χ1v) is 7.10. The average molecular weight is 274 g/mol. The van der Waals surface area contributed by atoms with Crippen LogP contribution < -0.4 is 11.5 Å². The zero-order valence-corrected chi connectivity index (χ0v) is 13.3. The molecule has 0 unspecified atom stereocenters. The second-order valence-corrected chi connectivity index (χ2v) is 3.86. The van der Waals surface area contributed by atoms with Crippen molar-refractivity contribution in [1.82, 2.24) is 0 Å². The average Bonchev–Trinajstić information content (AvgIpc) is 2.54. The molecule has 0 radical (unpaired) electrons. The van der Waals surface area contributed by atoms with Crippen LogP contribution in [0.3, 0.4) is 0 Å². The monoisotopic (exact) mass is 274 g/mol. The predicted octanol–water partition coefficient (Wildman–Crippen LogP) is 3.84. The number of rotatable bonds is 2. The number of nitrogens with two attached hydrogens (primary N) is 2. The molecule has 112 valence electrons. The van der Waals surface area contributed by atoms with Crippen molar-refractivity contribution in [2.24, 2.45) is 11.5 Å². The van der Waals surface area contributed by atoms with Gasteiger partial charge in [0.05, 0.1) is 0 Å². The molecular weight excluding hydrogens is 244 g/mol. The van der Waals surface area contributed by atoms with Crippen LogP contribution in [0.4, 0.5) is 0 Å². The Morgan fingerprint density at radius 3 is 1.10 bits per heavy atom. The van der Waals surface area contributed by atoms with Crippen molar-refractivity contribution in [3.63, 3.8) is 0 Å². The Morgan fingerprint density at radius 2 is 0.850 bits per heavy atom. The molecule has 0 bridgehead atoms. The van der Waals surface area contributed by atoms with Crippen molar-refractivity contribution in [3.05, 3.63) is 71.8 Å². The van der Waals surface area contributed by atoms with Gasteiger partial charge in [0.2, 0.25) is 0 Å². The summed E-state index contributed by atoms with van der Waals surface area (Å²) >= 11 is 0. The van der Waals surface area contributed by atoms with E-state index in [9.17, 15) is 0 Å². The van der Waals surface area contributed by atoms with Crippen LogP contribution in [-0.2, 0) is 6.42 Å². The SMILES string of the molecule is CCC.CN.CN.c1ccc(Cc2ccccc2)cc1. The highest BCUT2D eigenvalue weighted by Gasteiger charge is 1.92. The van der Waals surface area contributed by atoms with Crippen LogP contribution in [0.5, 0.6) is 0 Å². The first-order valence-electron chi connectivity index (χ1n) is 7.10. The van der Waals surface area contributed by atoms with Gasteiger partial charge in [0.1, 0.15) is 0 Å². The fraction of sp³-hybridized carbons (Fsp3) is 0.333. The van der Waals surface area contributed by atoms with Gasteiger partial charge < -0.3 is 11.5 Å². The van der Waals surface area contributed by atoms with Crippen LogP contribution in [0.15, 0.2) is 60.7 Å². The van der Waals surface area contributed by atoms with Gasteiger partial charge in [-0.2, -0.15) is 0 Å². The molecule has 0 aliphatic rings. The molecule has 0 amide bonds. The van der Waals surface area contributed by atoms with Gasteiger partial charge >= 0.3 is 0 Å². The third-order valence-corrected chi connectivity index (χ3v) is 2.09. The van der Waals surface area contributed by atoms with E-state index in [4.69, 9.17) is 0 Å². The smallest absolute Gasteiger partial charge is 0.00258 e. The van der Waals surface area contributed by atoms with Crippen molar-refractivity contribution in [2.45, 2.75) is 26.7 Å². The minimum atomic E-state index is 1.03. The van der Waals surface area contributed by atoms with Gasteiger partial charge in [0.15, 0.2) is 0 Å². The first-order chi connectivity index (χ1) is 9.86. The van der Waals surface area contributed by atoms with Gasteiger partial charge in [-0.25, -0.2) is 0 Å². The lowest BCUT2D eigenvalue weighted by Crippen LogP contribution is -1.85. The number of hydrogen-bond acceptors (Lipinski definition) is 2. The standard InChI is InChI=1S/C13H12.C3H8.2CH5N/c1-3-7-12(8-4-1)11-13-9-5-2-6-10-13;1-3-2;2*1-2/h1-10H,11H2;3H2,1-2H3;2*2H2,1H3. The molecule has 0 aromatic heterocycles. The fourth-order valence-electron chi connectivity index (χ4n) is 1.43. The second-order valence-electron chi connectivity index (χ2n) is 3.86. The van der Waals surface area contributed by atoms with E-state index in [0.29, 0.717) is 0 Å². The first kappa shape index (κ1) is 20.7. The van der Waals surface area contributed by atoms with E-state index in [0.717, 1.165) is 6.42 Å². The normalized spacial score (nSPS) is 7.90. The van der Waals surface area contributed by atoms with E-state index in [1.54, 1.807) is 0 Å². The van der Waals surface area contributed by atoms with Gasteiger partial charge in [-0.3, -0.25) is 0 Å².